The molecule has 3 heterocycles. The van der Waals surface area contributed by atoms with Crippen LogP contribution in [0.1, 0.15) is 42.5 Å². The van der Waals surface area contributed by atoms with Gasteiger partial charge >= 0.3 is 11.9 Å². The lowest BCUT2D eigenvalue weighted by Gasteiger charge is -2.33. The zero-order valence-electron chi connectivity index (χ0n) is 35.1. The summed E-state index contributed by atoms with van der Waals surface area (Å²) in [6, 6.07) is 3.79. The Morgan fingerprint density at radius 2 is 1.42 bits per heavy atom. The Hall–Kier alpha value is -5.27. The van der Waals surface area contributed by atoms with E-state index in [1.54, 1.807) is 36.8 Å². The molecule has 1 fully saturated rings. The predicted molar refractivity (Wildman–Crippen MR) is 225 cm³/mol. The Bertz CT molecular complexity index is 1810. The fourth-order valence-corrected chi connectivity index (χ4v) is 6.91. The third kappa shape index (κ3) is 18.4. The lowest BCUT2D eigenvalue weighted by Crippen LogP contribution is -2.49. The van der Waals surface area contributed by atoms with Crippen LogP contribution in [0.4, 0.5) is 5.95 Å². The molecule has 3 aromatic rings. The highest BCUT2D eigenvalue weighted by molar-refractivity contribution is 5.98. The van der Waals surface area contributed by atoms with E-state index in [1.165, 1.54) is 0 Å². The first-order valence-corrected chi connectivity index (χ1v) is 20.9. The number of carboxylic acids is 2. The van der Waals surface area contributed by atoms with Gasteiger partial charge in [0.2, 0.25) is 11.8 Å². The van der Waals surface area contributed by atoms with Gasteiger partial charge in [-0.25, -0.2) is 19.6 Å². The van der Waals surface area contributed by atoms with Crippen molar-refractivity contribution in [1.29, 1.82) is 0 Å². The van der Waals surface area contributed by atoms with E-state index >= 15 is 0 Å². The van der Waals surface area contributed by atoms with Crippen LogP contribution in [-0.4, -0.2) is 207 Å². The van der Waals surface area contributed by atoms with Gasteiger partial charge in [0.05, 0.1) is 38.0 Å². The smallest absolute Gasteiger partial charge is 0.328 e. The molecule has 3 amide bonds. The number of carboxylic acid groups (broad SMARTS) is 2. The van der Waals surface area contributed by atoms with Crippen LogP contribution in [-0.2, 0) is 35.5 Å². The van der Waals surface area contributed by atoms with Gasteiger partial charge in [0.1, 0.15) is 6.04 Å². The average molecular weight is 875 g/mol. The number of nitrogens with one attached hydrogen (secondary N) is 5. The third-order valence-corrected chi connectivity index (χ3v) is 10.4. The van der Waals surface area contributed by atoms with Crippen molar-refractivity contribution in [2.45, 2.75) is 44.7 Å². The number of aryl methyl sites for hydroxylation is 1. The van der Waals surface area contributed by atoms with E-state index in [0.29, 0.717) is 116 Å². The summed E-state index contributed by atoms with van der Waals surface area (Å²) in [6.07, 6.45) is 7.57. The first-order valence-electron chi connectivity index (χ1n) is 20.9. The predicted octanol–water partition coefficient (Wildman–Crippen LogP) is -0.477. The van der Waals surface area contributed by atoms with Gasteiger partial charge < -0.3 is 36.5 Å². The molecule has 0 radical (unpaired) electrons. The molecule has 1 aliphatic heterocycles. The van der Waals surface area contributed by atoms with Crippen LogP contribution in [0.25, 0.3) is 10.9 Å². The molecule has 9 N–H and O–H groups in total. The first-order chi connectivity index (χ1) is 30.0. The van der Waals surface area contributed by atoms with Crippen molar-refractivity contribution < 1.29 is 54.5 Å². The maximum Gasteiger partial charge on any atom is 0.328 e. The van der Waals surface area contributed by atoms with Gasteiger partial charge in [-0.1, -0.05) is 6.42 Å². The van der Waals surface area contributed by atoms with Crippen molar-refractivity contribution in [2.24, 2.45) is 0 Å². The lowest BCUT2D eigenvalue weighted by molar-refractivity contribution is -0.245. The number of aliphatic carboxylic acids is 2. The van der Waals surface area contributed by atoms with Crippen LogP contribution >= 0.6 is 0 Å². The fourth-order valence-electron chi connectivity index (χ4n) is 6.91. The maximum atomic E-state index is 13.0. The SMILES string of the molecule is O=C(O)CN1CCN(CCOO)CCN(CCOO)CCN(CC(=O)NCCCCCC(=O)NC(CNC(=O)c2ccc3c(cnn3CCCNc3ncc[nH]3)c2)C(=O)O)CC1. The number of rotatable bonds is 26. The number of amides is 3. The topological polar surface area (TPSA) is 292 Å². The zero-order chi connectivity index (χ0) is 44.5. The summed E-state index contributed by atoms with van der Waals surface area (Å²) >= 11 is 0. The molecule has 344 valence electrons. The Labute approximate surface area is 359 Å². The lowest BCUT2D eigenvalue weighted by atomic mass is 10.1. The molecule has 1 aromatic carbocycles. The third-order valence-electron chi connectivity index (χ3n) is 10.4. The Balaban J connectivity index is 1.15. The summed E-state index contributed by atoms with van der Waals surface area (Å²) in [7, 11) is 0. The summed E-state index contributed by atoms with van der Waals surface area (Å²) in [6.45, 7) is 6.60. The second-order valence-corrected chi connectivity index (χ2v) is 15.0. The molecule has 23 heteroatoms. The summed E-state index contributed by atoms with van der Waals surface area (Å²) in [4.78, 5) is 85.7. The Morgan fingerprint density at radius 1 is 0.758 bits per heavy atom. The highest BCUT2D eigenvalue weighted by Crippen LogP contribution is 2.16. The normalized spacial score (nSPS) is 15.6. The molecule has 1 atom stereocenters. The number of anilines is 1. The van der Waals surface area contributed by atoms with Crippen LogP contribution in [0.5, 0.6) is 0 Å². The Kier molecular flexibility index (Phi) is 22.0. The number of benzene rings is 1. The molecule has 1 unspecified atom stereocenters. The van der Waals surface area contributed by atoms with E-state index in [9.17, 15) is 34.2 Å². The van der Waals surface area contributed by atoms with Gasteiger partial charge in [0.25, 0.3) is 5.91 Å². The van der Waals surface area contributed by atoms with E-state index in [0.717, 1.165) is 17.3 Å². The quantitative estimate of drug-likeness (QED) is 0.0280. The van der Waals surface area contributed by atoms with E-state index in [4.69, 9.17) is 10.5 Å². The van der Waals surface area contributed by atoms with Crippen LogP contribution in [0.15, 0.2) is 36.8 Å². The largest absolute Gasteiger partial charge is 0.480 e. The van der Waals surface area contributed by atoms with Crippen LogP contribution in [0, 0.1) is 0 Å². The summed E-state index contributed by atoms with van der Waals surface area (Å²) in [5, 5.41) is 53.4. The van der Waals surface area contributed by atoms with Gasteiger partial charge in [-0.2, -0.15) is 5.10 Å². The number of hydrogen-bond donors (Lipinski definition) is 9. The number of nitrogens with zero attached hydrogens (tertiary/aromatic N) is 7. The molecular weight excluding hydrogens is 813 g/mol. The average Bonchev–Trinajstić information content (AvgIpc) is 3.93. The van der Waals surface area contributed by atoms with E-state index in [-0.39, 0.29) is 45.2 Å². The monoisotopic (exact) mass is 874 g/mol. The fraction of sp³-hybridized carbons (Fsp3) is 0.615. The van der Waals surface area contributed by atoms with Crippen LogP contribution in [0.2, 0.25) is 0 Å². The van der Waals surface area contributed by atoms with Crippen molar-refractivity contribution in [3.8, 4) is 0 Å². The number of aromatic amines is 1. The zero-order valence-corrected chi connectivity index (χ0v) is 35.1. The molecule has 0 saturated carbocycles. The number of unbranched alkanes of at least 4 members (excludes halogenated alkanes) is 2. The van der Waals surface area contributed by atoms with Gasteiger partial charge in [-0.15, -0.1) is 0 Å². The molecule has 1 saturated heterocycles. The summed E-state index contributed by atoms with van der Waals surface area (Å²) in [5.41, 5.74) is 1.18. The maximum absolute atomic E-state index is 13.0. The molecule has 1 aliphatic rings. The van der Waals surface area contributed by atoms with Crippen LogP contribution in [0.3, 0.4) is 0 Å². The molecule has 0 bridgehead atoms. The number of carbonyl (C=O) groups is 5. The second kappa shape index (κ2) is 27.6. The van der Waals surface area contributed by atoms with Gasteiger partial charge in [-0.3, -0.25) is 54.0 Å². The minimum atomic E-state index is -1.33. The number of fused-ring (bicyclic) bond motifs is 1. The molecule has 0 aliphatic carbocycles. The molecular formula is C39H62N12O11. The highest BCUT2D eigenvalue weighted by atomic mass is 17.1. The van der Waals surface area contributed by atoms with E-state index < -0.39 is 29.8 Å². The molecule has 23 nitrogen and oxygen atoms in total. The number of H-pyrrole nitrogens is 1. The second-order valence-electron chi connectivity index (χ2n) is 15.0. The van der Waals surface area contributed by atoms with Crippen molar-refractivity contribution in [3.05, 3.63) is 42.4 Å². The molecule has 2 aromatic heterocycles. The first kappa shape index (κ1) is 49.4. The number of hydrogen-bond acceptors (Lipinski definition) is 16. The Morgan fingerprint density at radius 3 is 2.03 bits per heavy atom. The van der Waals surface area contributed by atoms with Crippen molar-refractivity contribution in [3.63, 3.8) is 0 Å². The van der Waals surface area contributed by atoms with Gasteiger partial charge in [-0.05, 0) is 37.5 Å². The minimum Gasteiger partial charge on any atom is -0.480 e. The highest BCUT2D eigenvalue weighted by Gasteiger charge is 2.22. The number of aromatic nitrogens is 4. The molecule has 4 rings (SSSR count). The minimum absolute atomic E-state index is 0.0661. The summed E-state index contributed by atoms with van der Waals surface area (Å²) in [5.74, 6) is -2.70. The summed E-state index contributed by atoms with van der Waals surface area (Å²) < 4.78 is 1.84. The van der Waals surface area contributed by atoms with Gasteiger partial charge in [0, 0.05) is 121 Å². The van der Waals surface area contributed by atoms with Crippen molar-refractivity contribution in [2.75, 3.05) is 117 Å². The van der Waals surface area contributed by atoms with Crippen molar-refractivity contribution in [1.82, 2.24) is 55.3 Å². The van der Waals surface area contributed by atoms with Crippen LogP contribution < -0.4 is 21.3 Å². The standard InChI is InChI=1S/C39H62N12O11/c52-34(46-32(38(57)58)27-44-37(56)30-6-7-33-31(25-30)26-45-51(33)12-4-9-41-39-42-10-11-43-39)5-2-1-3-8-40-35(53)28-49-17-15-47(21-23-61-59)13-14-48(22-24-62-60)16-18-50(20-19-49)29-36(54)55/h6-7,10-11,25-26,32,59-60H,1-5,8-9,12-24,27-29H2,(H,40,53)(H,44,56)(H,46,52)(H,54,55)(H,57,58)(H2,41,42,43). The molecule has 0 spiro atoms. The molecule has 62 heavy (non-hydrogen) atoms. The number of imidazole rings is 1. The van der Waals surface area contributed by atoms with E-state index in [1.807, 2.05) is 14.5 Å². The van der Waals surface area contributed by atoms with E-state index in [2.05, 4.69) is 55.9 Å². The van der Waals surface area contributed by atoms with Gasteiger partial charge in [0.15, 0.2) is 5.95 Å². The van der Waals surface area contributed by atoms with Crippen molar-refractivity contribution >= 4 is 46.5 Å². The number of carbonyl (C=O) groups excluding carboxylic acids is 3.